The molecule has 26 heavy (non-hydrogen) atoms. The van der Waals surface area contributed by atoms with Crippen LogP contribution in [0.15, 0.2) is 11.1 Å². The highest BCUT2D eigenvalue weighted by molar-refractivity contribution is 8.00. The number of carbonyl (C=O) groups excluding carboxylic acids is 1. The van der Waals surface area contributed by atoms with Gasteiger partial charge in [0.15, 0.2) is 5.78 Å². The van der Waals surface area contributed by atoms with Gasteiger partial charge >= 0.3 is 0 Å². The van der Waals surface area contributed by atoms with Gasteiger partial charge in [-0.05, 0) is 70.1 Å². The quantitative estimate of drug-likeness (QED) is 0.579. The third kappa shape index (κ3) is 2.87. The number of nitrogens with zero attached hydrogens (tertiary/aromatic N) is 3. The molecule has 0 amide bonds. The van der Waals surface area contributed by atoms with Crippen molar-refractivity contribution < 1.29 is 4.79 Å². The fraction of sp³-hybridized carbons (Fsp3) is 0.476. The lowest BCUT2D eigenvalue weighted by Crippen LogP contribution is -2.07. The van der Waals surface area contributed by atoms with Crippen molar-refractivity contribution in [2.45, 2.75) is 63.9 Å². The highest BCUT2D eigenvalue weighted by Crippen LogP contribution is 2.39. The maximum Gasteiger partial charge on any atom is 0.174 e. The number of ketones is 1. The molecule has 1 fully saturated rings. The first kappa shape index (κ1) is 17.4. The molecule has 0 atom stereocenters. The molecule has 0 radical (unpaired) electrons. The van der Waals surface area contributed by atoms with Crippen molar-refractivity contribution in [3.63, 3.8) is 0 Å². The number of thioether (sulfide) groups is 1. The van der Waals surface area contributed by atoms with Crippen molar-refractivity contribution in [2.75, 3.05) is 5.75 Å². The standard InChI is InChI=1S/C21H23N3OS/c1-12-9-17(14(3)24(12)15-7-8-15)20(25)11-26-21-18(10-22)13(2)16-5-4-6-19(16)23-21/h9,15H,4-8,11H2,1-3H3. The van der Waals surface area contributed by atoms with Gasteiger partial charge in [0.05, 0.1) is 11.3 Å². The van der Waals surface area contributed by atoms with Crippen LogP contribution >= 0.6 is 11.8 Å². The summed E-state index contributed by atoms with van der Waals surface area (Å²) in [6, 6.07) is 4.90. The van der Waals surface area contributed by atoms with Gasteiger partial charge in [0.2, 0.25) is 0 Å². The summed E-state index contributed by atoms with van der Waals surface area (Å²) in [6.07, 6.45) is 5.52. The van der Waals surface area contributed by atoms with Gasteiger partial charge in [-0.25, -0.2) is 4.98 Å². The van der Waals surface area contributed by atoms with Crippen LogP contribution < -0.4 is 0 Å². The number of hydrogen-bond acceptors (Lipinski definition) is 4. The molecule has 134 valence electrons. The Bertz CT molecular complexity index is 947. The Kier molecular flexibility index (Phi) is 4.40. The van der Waals surface area contributed by atoms with E-state index in [0.29, 0.717) is 17.4 Å². The molecule has 2 heterocycles. The summed E-state index contributed by atoms with van der Waals surface area (Å²) >= 11 is 1.41. The molecule has 0 bridgehead atoms. The van der Waals surface area contributed by atoms with Gasteiger partial charge in [-0.3, -0.25) is 4.79 Å². The molecule has 4 nitrogen and oxygen atoms in total. The fourth-order valence-electron chi connectivity index (χ4n) is 4.15. The number of fused-ring (bicyclic) bond motifs is 1. The minimum Gasteiger partial charge on any atom is -0.345 e. The van der Waals surface area contributed by atoms with Crippen molar-refractivity contribution in [3.8, 4) is 6.07 Å². The normalized spacial score (nSPS) is 15.8. The fourth-order valence-corrected chi connectivity index (χ4v) is 5.09. The van der Waals surface area contributed by atoms with Crippen molar-refractivity contribution in [1.82, 2.24) is 9.55 Å². The van der Waals surface area contributed by atoms with Gasteiger partial charge in [0.25, 0.3) is 0 Å². The van der Waals surface area contributed by atoms with Crippen molar-refractivity contribution in [1.29, 1.82) is 5.26 Å². The Morgan fingerprint density at radius 2 is 2.12 bits per heavy atom. The van der Waals surface area contributed by atoms with E-state index >= 15 is 0 Å². The zero-order valence-electron chi connectivity index (χ0n) is 15.6. The van der Waals surface area contributed by atoms with Gasteiger partial charge in [0.1, 0.15) is 11.1 Å². The molecule has 4 rings (SSSR count). The van der Waals surface area contributed by atoms with Crippen LogP contribution in [-0.4, -0.2) is 21.1 Å². The van der Waals surface area contributed by atoms with Crippen LogP contribution in [0.2, 0.25) is 0 Å². The molecule has 0 unspecified atom stereocenters. The summed E-state index contributed by atoms with van der Waals surface area (Å²) in [7, 11) is 0. The Hall–Kier alpha value is -2.06. The topological polar surface area (TPSA) is 58.7 Å². The van der Waals surface area contributed by atoms with Crippen LogP contribution in [0.25, 0.3) is 0 Å². The van der Waals surface area contributed by atoms with Crippen molar-refractivity contribution >= 4 is 17.5 Å². The van der Waals surface area contributed by atoms with Crippen LogP contribution in [0.3, 0.4) is 0 Å². The first-order valence-corrected chi connectivity index (χ1v) is 10.3. The number of Topliss-reactive ketones (excluding diaryl/α,β-unsaturated/α-hetero) is 1. The number of aromatic nitrogens is 2. The van der Waals surface area contributed by atoms with Crippen LogP contribution in [0, 0.1) is 32.1 Å². The highest BCUT2D eigenvalue weighted by atomic mass is 32.2. The Morgan fingerprint density at radius 3 is 2.81 bits per heavy atom. The van der Waals surface area contributed by atoms with E-state index in [1.807, 2.05) is 19.9 Å². The maximum absolute atomic E-state index is 12.8. The van der Waals surface area contributed by atoms with Gasteiger partial charge < -0.3 is 4.57 Å². The maximum atomic E-state index is 12.8. The summed E-state index contributed by atoms with van der Waals surface area (Å²) in [5.74, 6) is 0.452. The van der Waals surface area contributed by atoms with E-state index in [9.17, 15) is 10.1 Å². The smallest absolute Gasteiger partial charge is 0.174 e. The summed E-state index contributed by atoms with van der Waals surface area (Å²) in [5, 5.41) is 10.3. The van der Waals surface area contributed by atoms with E-state index in [0.717, 1.165) is 46.8 Å². The Balaban J connectivity index is 1.57. The van der Waals surface area contributed by atoms with Gasteiger partial charge in [-0.2, -0.15) is 5.26 Å². The first-order chi connectivity index (χ1) is 12.5. The second-order valence-corrected chi connectivity index (χ2v) is 8.37. The van der Waals surface area contributed by atoms with Crippen LogP contribution in [-0.2, 0) is 12.8 Å². The molecule has 0 saturated heterocycles. The molecule has 0 spiro atoms. The Morgan fingerprint density at radius 1 is 1.35 bits per heavy atom. The molecule has 0 aliphatic heterocycles. The van der Waals surface area contributed by atoms with Crippen LogP contribution in [0.4, 0.5) is 0 Å². The van der Waals surface area contributed by atoms with Crippen LogP contribution in [0.5, 0.6) is 0 Å². The molecule has 5 heteroatoms. The number of rotatable bonds is 5. The molecule has 2 aromatic rings. The monoisotopic (exact) mass is 365 g/mol. The van der Waals surface area contributed by atoms with Gasteiger partial charge in [0, 0.05) is 28.7 Å². The minimum absolute atomic E-state index is 0.124. The summed E-state index contributed by atoms with van der Waals surface area (Å²) in [6.45, 7) is 6.13. The molecule has 0 aromatic carbocycles. The first-order valence-electron chi connectivity index (χ1n) is 9.28. The molecule has 2 aliphatic carbocycles. The van der Waals surface area contributed by atoms with E-state index in [1.54, 1.807) is 0 Å². The second kappa shape index (κ2) is 6.59. The lowest BCUT2D eigenvalue weighted by atomic mass is 10.0. The highest BCUT2D eigenvalue weighted by Gasteiger charge is 2.28. The van der Waals surface area contributed by atoms with E-state index in [2.05, 4.69) is 17.6 Å². The lowest BCUT2D eigenvalue weighted by molar-refractivity contribution is 0.102. The summed E-state index contributed by atoms with van der Waals surface area (Å²) < 4.78 is 2.30. The van der Waals surface area contributed by atoms with E-state index in [4.69, 9.17) is 4.98 Å². The third-order valence-corrected chi connectivity index (χ3v) is 6.59. The van der Waals surface area contributed by atoms with Crippen LogP contribution in [0.1, 0.15) is 69.4 Å². The number of hydrogen-bond donors (Lipinski definition) is 0. The summed E-state index contributed by atoms with van der Waals surface area (Å²) in [4.78, 5) is 17.5. The molecular formula is C21H23N3OS. The summed E-state index contributed by atoms with van der Waals surface area (Å²) in [5.41, 5.74) is 7.12. The number of pyridine rings is 1. The number of nitriles is 1. The number of aryl methyl sites for hydroxylation is 2. The average Bonchev–Trinajstić information content (AvgIpc) is 3.24. The third-order valence-electron chi connectivity index (χ3n) is 5.62. The molecule has 2 aliphatic rings. The predicted molar refractivity (Wildman–Crippen MR) is 103 cm³/mol. The predicted octanol–water partition coefficient (Wildman–Crippen LogP) is 4.48. The van der Waals surface area contributed by atoms with Crippen molar-refractivity contribution in [2.24, 2.45) is 0 Å². The SMILES string of the molecule is Cc1c(C#N)c(SCC(=O)c2cc(C)n(C3CC3)c2C)nc2c1CCC2. The zero-order chi connectivity index (χ0) is 18.4. The minimum atomic E-state index is 0.124. The van der Waals surface area contributed by atoms with E-state index in [-0.39, 0.29) is 5.78 Å². The molecule has 2 aromatic heterocycles. The van der Waals surface area contributed by atoms with E-state index < -0.39 is 0 Å². The molecular weight excluding hydrogens is 342 g/mol. The molecule has 0 N–H and O–H groups in total. The zero-order valence-corrected chi connectivity index (χ0v) is 16.4. The van der Waals surface area contributed by atoms with E-state index in [1.165, 1.54) is 35.9 Å². The Labute approximate surface area is 158 Å². The number of carbonyl (C=O) groups is 1. The largest absolute Gasteiger partial charge is 0.345 e. The van der Waals surface area contributed by atoms with Gasteiger partial charge in [-0.15, -0.1) is 0 Å². The molecule has 1 saturated carbocycles. The van der Waals surface area contributed by atoms with Crippen molar-refractivity contribution in [3.05, 3.63) is 45.4 Å². The average molecular weight is 366 g/mol. The second-order valence-electron chi connectivity index (χ2n) is 7.41. The van der Waals surface area contributed by atoms with Gasteiger partial charge in [-0.1, -0.05) is 11.8 Å². The lowest BCUT2D eigenvalue weighted by Gasteiger charge is -2.11.